The number of Topliss-reactive ketones (excluding diaryl/α,β-unsaturated/α-hetero) is 1. The Kier molecular flexibility index (Phi) is 7.37. The number of nitrogens with zero attached hydrogens (tertiary/aromatic N) is 2. The Morgan fingerprint density at radius 3 is 2.41 bits per heavy atom. The third kappa shape index (κ3) is 6.03. The Morgan fingerprint density at radius 2 is 1.89 bits per heavy atom. The SMILES string of the molecule is CC(=O)c1ccc(OCC(O)CSc2ccc(S(=O)(=O)N(C)C)cn2)cc1. The summed E-state index contributed by atoms with van der Waals surface area (Å²) in [6.07, 6.45) is 0.575. The summed E-state index contributed by atoms with van der Waals surface area (Å²) in [5, 5.41) is 10.6. The van der Waals surface area contributed by atoms with Crippen LogP contribution in [0.1, 0.15) is 17.3 Å². The van der Waals surface area contributed by atoms with Gasteiger partial charge in [0.15, 0.2) is 5.78 Å². The van der Waals surface area contributed by atoms with E-state index in [9.17, 15) is 18.3 Å². The predicted molar refractivity (Wildman–Crippen MR) is 104 cm³/mol. The van der Waals surface area contributed by atoms with Gasteiger partial charge in [0.25, 0.3) is 0 Å². The summed E-state index contributed by atoms with van der Waals surface area (Å²) >= 11 is 1.30. The van der Waals surface area contributed by atoms with Crippen LogP contribution in [0.15, 0.2) is 52.5 Å². The van der Waals surface area contributed by atoms with E-state index in [0.29, 0.717) is 22.1 Å². The molecule has 1 aromatic carbocycles. The summed E-state index contributed by atoms with van der Waals surface area (Å²) in [4.78, 5) is 15.5. The second kappa shape index (κ2) is 9.32. The van der Waals surface area contributed by atoms with Crippen molar-refractivity contribution in [1.29, 1.82) is 0 Å². The maximum Gasteiger partial charge on any atom is 0.244 e. The van der Waals surface area contributed by atoms with Gasteiger partial charge in [-0.2, -0.15) is 0 Å². The maximum absolute atomic E-state index is 12.0. The zero-order valence-corrected chi connectivity index (χ0v) is 17.0. The van der Waals surface area contributed by atoms with E-state index in [4.69, 9.17) is 4.74 Å². The van der Waals surface area contributed by atoms with Crippen LogP contribution in [0, 0.1) is 0 Å². The second-order valence-electron chi connectivity index (χ2n) is 5.98. The Bertz CT molecular complexity index is 866. The lowest BCUT2D eigenvalue weighted by Gasteiger charge is -2.13. The molecule has 7 nitrogen and oxygen atoms in total. The molecule has 1 aromatic heterocycles. The lowest BCUT2D eigenvalue weighted by molar-refractivity contribution is 0.101. The minimum atomic E-state index is -3.50. The number of carbonyl (C=O) groups is 1. The summed E-state index contributed by atoms with van der Waals surface area (Å²) in [5.74, 6) is 0.897. The predicted octanol–water partition coefficient (Wildman–Crippen LogP) is 2.07. The number of aliphatic hydroxyl groups excluding tert-OH is 1. The van der Waals surface area contributed by atoms with Crippen LogP contribution in [-0.4, -0.2) is 61.2 Å². The van der Waals surface area contributed by atoms with Crippen LogP contribution in [0.3, 0.4) is 0 Å². The quantitative estimate of drug-likeness (QED) is 0.499. The molecule has 146 valence electrons. The van der Waals surface area contributed by atoms with Crippen molar-refractivity contribution in [2.24, 2.45) is 0 Å². The van der Waals surface area contributed by atoms with E-state index >= 15 is 0 Å². The molecule has 0 aliphatic carbocycles. The number of hydrogen-bond acceptors (Lipinski definition) is 7. The number of sulfonamides is 1. The molecule has 0 aliphatic heterocycles. The molecule has 0 aliphatic rings. The molecule has 1 unspecified atom stereocenters. The number of benzene rings is 1. The monoisotopic (exact) mass is 410 g/mol. The Hall–Kier alpha value is -1.94. The van der Waals surface area contributed by atoms with Crippen molar-refractivity contribution < 1.29 is 23.1 Å². The zero-order chi connectivity index (χ0) is 20.0. The number of aliphatic hydroxyl groups is 1. The molecule has 0 fully saturated rings. The smallest absolute Gasteiger partial charge is 0.244 e. The highest BCUT2D eigenvalue weighted by Crippen LogP contribution is 2.20. The van der Waals surface area contributed by atoms with E-state index in [2.05, 4.69) is 4.98 Å². The maximum atomic E-state index is 12.0. The molecular weight excluding hydrogens is 388 g/mol. The van der Waals surface area contributed by atoms with Crippen molar-refractivity contribution >= 4 is 27.6 Å². The van der Waals surface area contributed by atoms with E-state index in [0.717, 1.165) is 4.31 Å². The third-order valence-electron chi connectivity index (χ3n) is 3.61. The van der Waals surface area contributed by atoms with Crippen molar-refractivity contribution in [3.63, 3.8) is 0 Å². The van der Waals surface area contributed by atoms with Crippen molar-refractivity contribution in [2.75, 3.05) is 26.5 Å². The highest BCUT2D eigenvalue weighted by molar-refractivity contribution is 7.99. The first-order valence-electron chi connectivity index (χ1n) is 8.13. The number of aromatic nitrogens is 1. The van der Waals surface area contributed by atoms with Crippen LogP contribution in [0.2, 0.25) is 0 Å². The molecule has 0 radical (unpaired) electrons. The van der Waals surface area contributed by atoms with Crippen LogP contribution >= 0.6 is 11.8 Å². The molecule has 0 saturated heterocycles. The lowest BCUT2D eigenvalue weighted by atomic mass is 10.1. The first-order valence-corrected chi connectivity index (χ1v) is 10.6. The third-order valence-corrected chi connectivity index (χ3v) is 6.50. The van der Waals surface area contributed by atoms with E-state index in [1.54, 1.807) is 30.3 Å². The van der Waals surface area contributed by atoms with Gasteiger partial charge in [0.2, 0.25) is 10.0 Å². The van der Waals surface area contributed by atoms with Gasteiger partial charge < -0.3 is 9.84 Å². The van der Waals surface area contributed by atoms with Crippen molar-refractivity contribution in [3.05, 3.63) is 48.2 Å². The molecule has 27 heavy (non-hydrogen) atoms. The minimum Gasteiger partial charge on any atom is -0.491 e. The summed E-state index contributed by atoms with van der Waals surface area (Å²) in [6, 6.07) is 9.81. The number of ketones is 1. The van der Waals surface area contributed by atoms with Crippen LogP contribution in [0.4, 0.5) is 0 Å². The van der Waals surface area contributed by atoms with Gasteiger partial charge in [-0.15, -0.1) is 11.8 Å². The highest BCUT2D eigenvalue weighted by atomic mass is 32.2. The largest absolute Gasteiger partial charge is 0.491 e. The van der Waals surface area contributed by atoms with E-state index < -0.39 is 16.1 Å². The summed E-state index contributed by atoms with van der Waals surface area (Å²) < 4.78 is 30.6. The van der Waals surface area contributed by atoms with E-state index in [-0.39, 0.29) is 17.3 Å². The fourth-order valence-electron chi connectivity index (χ4n) is 2.02. The first kappa shape index (κ1) is 21.4. The van der Waals surface area contributed by atoms with Crippen LogP contribution in [-0.2, 0) is 10.0 Å². The summed E-state index contributed by atoms with van der Waals surface area (Å²) in [6.45, 7) is 1.59. The minimum absolute atomic E-state index is 0.0186. The number of carbonyl (C=O) groups excluding carboxylic acids is 1. The summed E-state index contributed by atoms with van der Waals surface area (Å²) in [5.41, 5.74) is 0.601. The van der Waals surface area contributed by atoms with Gasteiger partial charge >= 0.3 is 0 Å². The molecule has 0 bridgehead atoms. The van der Waals surface area contributed by atoms with Crippen LogP contribution in [0.25, 0.3) is 0 Å². The molecule has 0 amide bonds. The molecule has 2 rings (SSSR count). The normalized spacial score (nSPS) is 12.8. The Balaban J connectivity index is 1.83. The summed E-state index contributed by atoms with van der Waals surface area (Å²) in [7, 11) is -0.581. The number of thioether (sulfide) groups is 1. The molecule has 0 spiro atoms. The van der Waals surface area contributed by atoms with Crippen molar-refractivity contribution in [3.8, 4) is 5.75 Å². The molecule has 1 heterocycles. The van der Waals surface area contributed by atoms with Gasteiger partial charge in [-0.3, -0.25) is 4.79 Å². The topological polar surface area (TPSA) is 96.8 Å². The van der Waals surface area contributed by atoms with Gasteiger partial charge in [0, 0.05) is 31.6 Å². The molecule has 1 N–H and O–H groups in total. The van der Waals surface area contributed by atoms with Gasteiger partial charge in [0.05, 0.1) is 11.1 Å². The number of hydrogen-bond donors (Lipinski definition) is 1. The average molecular weight is 411 g/mol. The van der Waals surface area contributed by atoms with Gasteiger partial charge in [-0.1, -0.05) is 0 Å². The Morgan fingerprint density at radius 1 is 1.22 bits per heavy atom. The average Bonchev–Trinajstić information content (AvgIpc) is 2.65. The van der Waals surface area contributed by atoms with E-state index in [1.807, 2.05) is 0 Å². The molecular formula is C18H22N2O5S2. The zero-order valence-electron chi connectivity index (χ0n) is 15.3. The van der Waals surface area contributed by atoms with Crippen LogP contribution < -0.4 is 4.74 Å². The fourth-order valence-corrected chi connectivity index (χ4v) is 3.62. The lowest BCUT2D eigenvalue weighted by Crippen LogP contribution is -2.22. The molecule has 0 saturated carbocycles. The first-order chi connectivity index (χ1) is 12.7. The standard InChI is InChI=1S/C18H22N2O5S2/c1-13(21)14-4-6-16(7-5-14)25-11-15(22)12-26-18-9-8-17(10-19-18)27(23,24)20(2)3/h4-10,15,22H,11-12H2,1-3H3. The molecule has 2 aromatic rings. The van der Waals surface area contributed by atoms with Crippen molar-refractivity contribution in [2.45, 2.75) is 22.9 Å². The Labute approximate surface area is 163 Å². The number of pyridine rings is 1. The van der Waals surface area contributed by atoms with Crippen molar-refractivity contribution in [1.82, 2.24) is 9.29 Å². The van der Waals surface area contributed by atoms with Crippen LogP contribution in [0.5, 0.6) is 5.75 Å². The molecule has 9 heteroatoms. The van der Waals surface area contributed by atoms with Gasteiger partial charge in [0.1, 0.15) is 17.3 Å². The highest BCUT2D eigenvalue weighted by Gasteiger charge is 2.17. The fraction of sp³-hybridized carbons (Fsp3) is 0.333. The number of rotatable bonds is 9. The van der Waals surface area contributed by atoms with Gasteiger partial charge in [-0.25, -0.2) is 17.7 Å². The van der Waals surface area contributed by atoms with E-state index in [1.165, 1.54) is 45.0 Å². The second-order valence-corrected chi connectivity index (χ2v) is 9.17. The number of ether oxygens (including phenoxy) is 1. The van der Waals surface area contributed by atoms with Gasteiger partial charge in [-0.05, 0) is 43.3 Å². The molecule has 1 atom stereocenters.